The number of carboxylic acids is 1. The summed E-state index contributed by atoms with van der Waals surface area (Å²) in [5.74, 6) is -1.04. The van der Waals surface area contributed by atoms with Gasteiger partial charge in [-0.25, -0.2) is 4.98 Å². The van der Waals surface area contributed by atoms with Gasteiger partial charge in [-0.3, -0.25) is 14.2 Å². The van der Waals surface area contributed by atoms with E-state index in [0.29, 0.717) is 0 Å². The molecule has 1 heterocycles. The van der Waals surface area contributed by atoms with E-state index in [0.717, 1.165) is 0 Å². The van der Waals surface area contributed by atoms with Gasteiger partial charge in [0, 0.05) is 6.54 Å². The number of phenolic OH excluding ortho intramolecular Hbond substituents is 1. The Bertz CT molecular complexity index is 633. The maximum Gasteiger partial charge on any atom is 0.305 e. The molecular weight excluding hydrogens is 224 g/mol. The molecule has 17 heavy (non-hydrogen) atoms. The summed E-state index contributed by atoms with van der Waals surface area (Å²) in [6.45, 7) is 0.0623. The van der Waals surface area contributed by atoms with E-state index in [1.807, 2.05) is 0 Å². The number of hydrogen-bond donors (Lipinski definition) is 2. The fraction of sp³-hybridized carbons (Fsp3) is 0.182. The van der Waals surface area contributed by atoms with Crippen LogP contribution in [-0.2, 0) is 11.3 Å². The zero-order valence-electron chi connectivity index (χ0n) is 8.83. The number of rotatable bonds is 3. The Morgan fingerprint density at radius 1 is 1.41 bits per heavy atom. The largest absolute Gasteiger partial charge is 0.506 e. The highest BCUT2D eigenvalue weighted by Crippen LogP contribution is 2.18. The predicted molar refractivity (Wildman–Crippen MR) is 59.9 cm³/mol. The molecule has 88 valence electrons. The molecule has 1 aromatic heterocycles. The van der Waals surface area contributed by atoms with Crippen molar-refractivity contribution < 1.29 is 15.0 Å². The van der Waals surface area contributed by atoms with Crippen LogP contribution in [0.15, 0.2) is 29.3 Å². The van der Waals surface area contributed by atoms with Crippen molar-refractivity contribution >= 4 is 16.9 Å². The van der Waals surface area contributed by atoms with Gasteiger partial charge in [-0.2, -0.15) is 0 Å². The summed E-state index contributed by atoms with van der Waals surface area (Å²) in [6, 6.07) is 4.53. The molecule has 0 aliphatic rings. The number of carbonyl (C=O) groups is 1. The topological polar surface area (TPSA) is 92.4 Å². The first kappa shape index (κ1) is 11.1. The van der Waals surface area contributed by atoms with Crippen LogP contribution in [0, 0.1) is 0 Å². The number of nitrogens with zero attached hydrogens (tertiary/aromatic N) is 2. The number of benzene rings is 1. The van der Waals surface area contributed by atoms with Crippen molar-refractivity contribution in [2.24, 2.45) is 0 Å². The summed E-state index contributed by atoms with van der Waals surface area (Å²) in [4.78, 5) is 26.3. The van der Waals surface area contributed by atoms with Gasteiger partial charge in [0.25, 0.3) is 5.56 Å². The summed E-state index contributed by atoms with van der Waals surface area (Å²) in [5.41, 5.74) is -0.128. The molecule has 0 aliphatic carbocycles. The average molecular weight is 234 g/mol. The fourth-order valence-corrected chi connectivity index (χ4v) is 1.55. The van der Waals surface area contributed by atoms with Crippen LogP contribution in [0.3, 0.4) is 0 Å². The maximum absolute atomic E-state index is 11.9. The van der Waals surface area contributed by atoms with Gasteiger partial charge in [-0.15, -0.1) is 0 Å². The molecule has 6 nitrogen and oxygen atoms in total. The third-order valence-electron chi connectivity index (χ3n) is 2.40. The Labute approximate surface area is 95.8 Å². The van der Waals surface area contributed by atoms with Crippen molar-refractivity contribution in [2.45, 2.75) is 13.0 Å². The van der Waals surface area contributed by atoms with E-state index in [9.17, 15) is 14.7 Å². The Morgan fingerprint density at radius 3 is 2.88 bits per heavy atom. The molecule has 0 radical (unpaired) electrons. The minimum atomic E-state index is -0.979. The molecule has 0 atom stereocenters. The maximum atomic E-state index is 11.9. The highest BCUT2D eigenvalue weighted by atomic mass is 16.4. The molecule has 0 bridgehead atoms. The smallest absolute Gasteiger partial charge is 0.305 e. The zero-order valence-corrected chi connectivity index (χ0v) is 8.83. The van der Waals surface area contributed by atoms with Crippen molar-refractivity contribution in [2.75, 3.05) is 0 Å². The van der Waals surface area contributed by atoms with Gasteiger partial charge in [0.05, 0.1) is 18.1 Å². The zero-order chi connectivity index (χ0) is 12.4. The number of aryl methyl sites for hydroxylation is 1. The van der Waals surface area contributed by atoms with Gasteiger partial charge in [-0.05, 0) is 12.1 Å². The van der Waals surface area contributed by atoms with Crippen LogP contribution in [-0.4, -0.2) is 25.7 Å². The normalized spacial score (nSPS) is 10.6. The molecule has 2 aromatic rings. The van der Waals surface area contributed by atoms with Crippen LogP contribution in [0.25, 0.3) is 10.9 Å². The van der Waals surface area contributed by atoms with Gasteiger partial charge in [0.15, 0.2) is 0 Å². The minimum Gasteiger partial charge on any atom is -0.506 e. The van der Waals surface area contributed by atoms with E-state index in [1.54, 1.807) is 12.1 Å². The van der Waals surface area contributed by atoms with Gasteiger partial charge in [0.1, 0.15) is 11.3 Å². The van der Waals surface area contributed by atoms with Crippen LogP contribution < -0.4 is 5.56 Å². The summed E-state index contributed by atoms with van der Waals surface area (Å²) in [6.07, 6.45) is 1.10. The van der Waals surface area contributed by atoms with E-state index in [-0.39, 0.29) is 35.2 Å². The van der Waals surface area contributed by atoms with E-state index in [1.165, 1.54) is 17.0 Å². The molecule has 0 fully saturated rings. The van der Waals surface area contributed by atoms with Crippen LogP contribution in [0.5, 0.6) is 5.75 Å². The molecule has 0 unspecified atom stereocenters. The molecule has 0 spiro atoms. The third-order valence-corrected chi connectivity index (χ3v) is 2.40. The number of para-hydroxylation sites is 1. The average Bonchev–Trinajstić information content (AvgIpc) is 2.29. The number of phenols is 1. The Balaban J connectivity index is 2.51. The first-order valence-electron chi connectivity index (χ1n) is 4.98. The standard InChI is InChI=1S/C11H10N2O4/c14-8-3-1-2-7-10(8)12-6-13(11(7)17)5-4-9(15)16/h1-3,6,14H,4-5H2,(H,15,16). The van der Waals surface area contributed by atoms with Crippen molar-refractivity contribution in [3.63, 3.8) is 0 Å². The van der Waals surface area contributed by atoms with Crippen LogP contribution in [0.1, 0.15) is 6.42 Å². The molecule has 0 saturated carbocycles. The second-order valence-electron chi connectivity index (χ2n) is 3.56. The summed E-state index contributed by atoms with van der Waals surface area (Å²) in [5, 5.41) is 18.3. The number of aromatic nitrogens is 2. The minimum absolute atomic E-state index is 0.0623. The number of aromatic hydroxyl groups is 1. The Hall–Kier alpha value is -2.37. The first-order chi connectivity index (χ1) is 8.09. The van der Waals surface area contributed by atoms with Crippen LogP contribution in [0.4, 0.5) is 0 Å². The van der Waals surface area contributed by atoms with Crippen LogP contribution >= 0.6 is 0 Å². The van der Waals surface area contributed by atoms with E-state index < -0.39 is 5.97 Å². The summed E-state index contributed by atoms with van der Waals surface area (Å²) in [7, 11) is 0. The molecule has 2 rings (SSSR count). The Kier molecular flexibility index (Phi) is 2.78. The molecule has 0 amide bonds. The lowest BCUT2D eigenvalue weighted by Gasteiger charge is -2.05. The van der Waals surface area contributed by atoms with Gasteiger partial charge < -0.3 is 10.2 Å². The van der Waals surface area contributed by atoms with E-state index in [4.69, 9.17) is 5.11 Å². The van der Waals surface area contributed by atoms with Crippen molar-refractivity contribution in [1.29, 1.82) is 0 Å². The molecule has 6 heteroatoms. The highest BCUT2D eigenvalue weighted by molar-refractivity contribution is 5.82. The fourth-order valence-electron chi connectivity index (χ4n) is 1.55. The summed E-state index contributed by atoms with van der Waals surface area (Å²) >= 11 is 0. The molecule has 1 aromatic carbocycles. The van der Waals surface area contributed by atoms with Crippen molar-refractivity contribution in [3.05, 3.63) is 34.9 Å². The van der Waals surface area contributed by atoms with E-state index in [2.05, 4.69) is 4.98 Å². The van der Waals surface area contributed by atoms with E-state index >= 15 is 0 Å². The second-order valence-corrected chi connectivity index (χ2v) is 3.56. The van der Waals surface area contributed by atoms with Crippen molar-refractivity contribution in [1.82, 2.24) is 9.55 Å². The first-order valence-corrected chi connectivity index (χ1v) is 4.98. The third kappa shape index (κ3) is 2.10. The number of carboxylic acid groups (broad SMARTS) is 1. The lowest BCUT2D eigenvalue weighted by molar-refractivity contribution is -0.137. The molecular formula is C11H10N2O4. The van der Waals surface area contributed by atoms with Gasteiger partial charge in [0.2, 0.25) is 0 Å². The van der Waals surface area contributed by atoms with Crippen LogP contribution in [0.2, 0.25) is 0 Å². The molecule has 0 saturated heterocycles. The number of hydrogen-bond acceptors (Lipinski definition) is 4. The van der Waals surface area contributed by atoms with Crippen molar-refractivity contribution in [3.8, 4) is 5.75 Å². The number of aliphatic carboxylic acids is 1. The lowest BCUT2D eigenvalue weighted by atomic mass is 10.2. The van der Waals surface area contributed by atoms with Gasteiger partial charge in [-0.1, -0.05) is 6.07 Å². The number of fused-ring (bicyclic) bond motifs is 1. The predicted octanol–water partition coefficient (Wildman–Crippen LogP) is 0.577. The lowest BCUT2D eigenvalue weighted by Crippen LogP contribution is -2.21. The molecule has 0 aliphatic heterocycles. The highest BCUT2D eigenvalue weighted by Gasteiger charge is 2.07. The van der Waals surface area contributed by atoms with Gasteiger partial charge >= 0.3 is 5.97 Å². The monoisotopic (exact) mass is 234 g/mol. The second kappa shape index (κ2) is 4.25. The molecule has 2 N–H and O–H groups in total. The summed E-state index contributed by atoms with van der Waals surface area (Å²) < 4.78 is 1.22. The quantitative estimate of drug-likeness (QED) is 0.810. The Morgan fingerprint density at radius 2 is 2.18 bits per heavy atom. The SMILES string of the molecule is O=C(O)CCn1cnc2c(O)cccc2c1=O.